The first-order chi connectivity index (χ1) is 11.6. The standard InChI is InChI=1S/C18H19ClN4O/c1-23-12-15(18(22-23)14-5-3-7-20-9-14)10-21-11-17(24)13-4-2-6-16(19)8-13/h2-9,12,17,21,24H,10-11H2,1H3/t17-/m1/s1. The van der Waals surface area contributed by atoms with Crippen LogP contribution in [0.15, 0.2) is 55.0 Å². The van der Waals surface area contributed by atoms with Crippen LogP contribution < -0.4 is 5.32 Å². The summed E-state index contributed by atoms with van der Waals surface area (Å²) in [5.74, 6) is 0. The van der Waals surface area contributed by atoms with Crippen molar-refractivity contribution in [2.75, 3.05) is 6.54 Å². The molecule has 0 aliphatic rings. The molecule has 0 saturated heterocycles. The molecule has 2 heterocycles. The van der Waals surface area contributed by atoms with E-state index in [1.807, 2.05) is 37.5 Å². The number of hydrogen-bond donors (Lipinski definition) is 2. The third kappa shape index (κ3) is 4.00. The quantitative estimate of drug-likeness (QED) is 0.723. The van der Waals surface area contributed by atoms with Crippen LogP contribution in [0, 0.1) is 0 Å². The molecule has 0 unspecified atom stereocenters. The van der Waals surface area contributed by atoms with Gasteiger partial charge in [-0.05, 0) is 29.8 Å². The van der Waals surface area contributed by atoms with Gasteiger partial charge in [0.25, 0.3) is 0 Å². The predicted octanol–water partition coefficient (Wildman–Crippen LogP) is 2.96. The molecule has 0 amide bonds. The van der Waals surface area contributed by atoms with E-state index in [9.17, 15) is 5.11 Å². The van der Waals surface area contributed by atoms with Crippen molar-refractivity contribution in [3.05, 3.63) is 71.1 Å². The first-order valence-electron chi connectivity index (χ1n) is 7.70. The van der Waals surface area contributed by atoms with Gasteiger partial charge in [0, 0.05) is 54.9 Å². The fourth-order valence-corrected chi connectivity index (χ4v) is 2.79. The average Bonchev–Trinajstić information content (AvgIpc) is 2.96. The molecule has 24 heavy (non-hydrogen) atoms. The zero-order valence-electron chi connectivity index (χ0n) is 13.4. The minimum Gasteiger partial charge on any atom is -0.387 e. The van der Waals surface area contributed by atoms with Crippen LogP contribution in [-0.2, 0) is 13.6 Å². The number of aromatic nitrogens is 3. The minimum atomic E-state index is -0.609. The fraction of sp³-hybridized carbons (Fsp3) is 0.222. The van der Waals surface area contributed by atoms with Crippen LogP contribution >= 0.6 is 11.6 Å². The summed E-state index contributed by atoms with van der Waals surface area (Å²) >= 11 is 5.96. The molecule has 1 atom stereocenters. The summed E-state index contributed by atoms with van der Waals surface area (Å²) in [5.41, 5.74) is 3.73. The number of pyridine rings is 1. The molecule has 3 aromatic rings. The van der Waals surface area contributed by atoms with Gasteiger partial charge in [-0.2, -0.15) is 5.10 Å². The molecular formula is C18H19ClN4O. The second-order valence-electron chi connectivity index (χ2n) is 5.62. The van der Waals surface area contributed by atoms with Crippen molar-refractivity contribution >= 4 is 11.6 Å². The number of halogens is 1. The van der Waals surface area contributed by atoms with Gasteiger partial charge < -0.3 is 10.4 Å². The smallest absolute Gasteiger partial charge is 0.0983 e. The van der Waals surface area contributed by atoms with Crippen LogP contribution in [0.1, 0.15) is 17.2 Å². The summed E-state index contributed by atoms with van der Waals surface area (Å²) in [6.07, 6.45) is 4.90. The lowest BCUT2D eigenvalue weighted by Crippen LogP contribution is -2.21. The fourth-order valence-electron chi connectivity index (χ4n) is 2.59. The van der Waals surface area contributed by atoms with Crippen molar-refractivity contribution in [2.24, 2.45) is 7.05 Å². The maximum absolute atomic E-state index is 10.3. The lowest BCUT2D eigenvalue weighted by atomic mass is 10.1. The van der Waals surface area contributed by atoms with Crippen molar-refractivity contribution in [3.63, 3.8) is 0 Å². The van der Waals surface area contributed by atoms with Crippen molar-refractivity contribution in [1.29, 1.82) is 0 Å². The Kier molecular flexibility index (Phi) is 5.25. The molecule has 0 spiro atoms. The molecule has 2 N–H and O–H groups in total. The topological polar surface area (TPSA) is 63.0 Å². The van der Waals surface area contributed by atoms with Crippen molar-refractivity contribution in [3.8, 4) is 11.3 Å². The predicted molar refractivity (Wildman–Crippen MR) is 94.6 cm³/mol. The van der Waals surface area contributed by atoms with Gasteiger partial charge in [0.1, 0.15) is 0 Å². The van der Waals surface area contributed by atoms with Gasteiger partial charge in [0.2, 0.25) is 0 Å². The van der Waals surface area contributed by atoms with Crippen LogP contribution in [0.3, 0.4) is 0 Å². The van der Waals surface area contributed by atoms with Gasteiger partial charge in [0.05, 0.1) is 11.8 Å². The number of nitrogens with one attached hydrogen (secondary N) is 1. The molecule has 6 heteroatoms. The molecule has 2 aromatic heterocycles. The number of hydrogen-bond acceptors (Lipinski definition) is 4. The Hall–Kier alpha value is -2.21. The molecule has 0 fully saturated rings. The summed E-state index contributed by atoms with van der Waals surface area (Å²) in [4.78, 5) is 4.15. The average molecular weight is 343 g/mol. The summed E-state index contributed by atoms with van der Waals surface area (Å²) in [7, 11) is 1.89. The summed E-state index contributed by atoms with van der Waals surface area (Å²) in [6, 6.07) is 11.1. The van der Waals surface area contributed by atoms with Crippen LogP contribution in [0.2, 0.25) is 5.02 Å². The summed E-state index contributed by atoms with van der Waals surface area (Å²) in [5, 5.41) is 18.7. The zero-order chi connectivity index (χ0) is 16.9. The zero-order valence-corrected chi connectivity index (χ0v) is 14.1. The van der Waals surface area contributed by atoms with Crippen LogP contribution in [0.5, 0.6) is 0 Å². The molecular weight excluding hydrogens is 324 g/mol. The lowest BCUT2D eigenvalue weighted by Gasteiger charge is -2.12. The Labute approximate surface area is 145 Å². The van der Waals surface area contributed by atoms with Crippen molar-refractivity contribution in [2.45, 2.75) is 12.6 Å². The normalized spacial score (nSPS) is 12.3. The molecule has 3 rings (SSSR count). The lowest BCUT2D eigenvalue weighted by molar-refractivity contribution is 0.174. The SMILES string of the molecule is Cn1cc(CNC[C@@H](O)c2cccc(Cl)c2)c(-c2cccnc2)n1. The van der Waals surface area contributed by atoms with Gasteiger partial charge in [-0.25, -0.2) is 0 Å². The first-order valence-corrected chi connectivity index (χ1v) is 8.08. The number of rotatable bonds is 6. The Balaban J connectivity index is 1.65. The maximum atomic E-state index is 10.3. The highest BCUT2D eigenvalue weighted by Gasteiger charge is 2.12. The van der Waals surface area contributed by atoms with E-state index in [0.717, 1.165) is 22.4 Å². The van der Waals surface area contributed by atoms with Crippen molar-refractivity contribution in [1.82, 2.24) is 20.1 Å². The third-order valence-corrected chi connectivity index (χ3v) is 3.96. The molecule has 1 aromatic carbocycles. The van der Waals surface area contributed by atoms with E-state index in [-0.39, 0.29) is 0 Å². The van der Waals surface area contributed by atoms with Gasteiger partial charge >= 0.3 is 0 Å². The molecule has 5 nitrogen and oxygen atoms in total. The second kappa shape index (κ2) is 7.57. The van der Waals surface area contributed by atoms with Crippen LogP contribution in [0.25, 0.3) is 11.3 Å². The van der Waals surface area contributed by atoms with Crippen LogP contribution in [-0.4, -0.2) is 26.4 Å². The Morgan fingerprint density at radius 1 is 1.29 bits per heavy atom. The number of nitrogens with zero attached hydrogens (tertiary/aromatic N) is 3. The molecule has 124 valence electrons. The molecule has 0 aliphatic carbocycles. The van der Waals surface area contributed by atoms with E-state index in [4.69, 9.17) is 11.6 Å². The van der Waals surface area contributed by atoms with E-state index in [2.05, 4.69) is 15.4 Å². The van der Waals surface area contributed by atoms with E-state index in [0.29, 0.717) is 18.1 Å². The van der Waals surface area contributed by atoms with Gasteiger partial charge in [-0.1, -0.05) is 23.7 Å². The summed E-state index contributed by atoms with van der Waals surface area (Å²) < 4.78 is 1.78. The largest absolute Gasteiger partial charge is 0.387 e. The molecule has 0 radical (unpaired) electrons. The number of aliphatic hydroxyl groups excluding tert-OH is 1. The molecule has 0 bridgehead atoms. The van der Waals surface area contributed by atoms with Gasteiger partial charge in [0.15, 0.2) is 0 Å². The van der Waals surface area contributed by atoms with Gasteiger partial charge in [-0.15, -0.1) is 0 Å². The van der Waals surface area contributed by atoms with Crippen LogP contribution in [0.4, 0.5) is 0 Å². The number of benzene rings is 1. The Bertz CT molecular complexity index is 804. The highest BCUT2D eigenvalue weighted by molar-refractivity contribution is 6.30. The van der Waals surface area contributed by atoms with E-state index in [1.165, 1.54) is 0 Å². The van der Waals surface area contributed by atoms with Crippen molar-refractivity contribution < 1.29 is 5.11 Å². The maximum Gasteiger partial charge on any atom is 0.0983 e. The van der Waals surface area contributed by atoms with Gasteiger partial charge in [-0.3, -0.25) is 9.67 Å². The second-order valence-corrected chi connectivity index (χ2v) is 6.06. The molecule has 0 saturated carbocycles. The number of aliphatic hydroxyl groups is 1. The minimum absolute atomic E-state index is 0.432. The molecule has 0 aliphatic heterocycles. The summed E-state index contributed by atoms with van der Waals surface area (Å²) in [6.45, 7) is 1.04. The Morgan fingerprint density at radius 2 is 2.17 bits per heavy atom. The monoisotopic (exact) mass is 342 g/mol. The van der Waals surface area contributed by atoms with E-state index in [1.54, 1.807) is 29.2 Å². The number of aryl methyl sites for hydroxylation is 1. The Morgan fingerprint density at radius 3 is 2.92 bits per heavy atom. The highest BCUT2D eigenvalue weighted by atomic mass is 35.5. The highest BCUT2D eigenvalue weighted by Crippen LogP contribution is 2.21. The van der Waals surface area contributed by atoms with E-state index < -0.39 is 6.10 Å². The third-order valence-electron chi connectivity index (χ3n) is 3.73. The first kappa shape index (κ1) is 16.6. The van der Waals surface area contributed by atoms with E-state index >= 15 is 0 Å².